The first-order valence-corrected chi connectivity index (χ1v) is 9.99. The zero-order chi connectivity index (χ0) is 17.4. The second-order valence-electron chi connectivity index (χ2n) is 6.83. The second kappa shape index (κ2) is 9.30. The van der Waals surface area contributed by atoms with E-state index in [4.69, 9.17) is 9.52 Å². The Balaban J connectivity index is 1.74. The second-order valence-corrected chi connectivity index (χ2v) is 8.51. The fourth-order valence-corrected chi connectivity index (χ4v) is 3.83. The van der Waals surface area contributed by atoms with Gasteiger partial charge in [0.2, 0.25) is 5.89 Å². The summed E-state index contributed by atoms with van der Waals surface area (Å²) in [5.74, 6) is 3.98. The lowest BCUT2D eigenvalue weighted by Crippen LogP contribution is -2.39. The number of aryl methyl sites for hydroxylation is 1. The molecular formula is C17H31N5OS. The molecule has 0 saturated carbocycles. The molecule has 0 spiro atoms. The highest BCUT2D eigenvalue weighted by atomic mass is 32.2. The molecule has 6 nitrogen and oxygen atoms in total. The number of thioether (sulfide) groups is 1. The maximum atomic E-state index is 5.27. The van der Waals surface area contributed by atoms with E-state index in [1.54, 1.807) is 0 Å². The highest BCUT2D eigenvalue weighted by Crippen LogP contribution is 2.37. The molecule has 0 aliphatic carbocycles. The number of aromatic nitrogens is 2. The lowest BCUT2D eigenvalue weighted by molar-refractivity contribution is 0.368. The molecule has 1 unspecified atom stereocenters. The Morgan fingerprint density at radius 1 is 1.42 bits per heavy atom. The zero-order valence-corrected chi connectivity index (χ0v) is 16.2. The van der Waals surface area contributed by atoms with E-state index in [-0.39, 0.29) is 0 Å². The zero-order valence-electron chi connectivity index (χ0n) is 15.4. The van der Waals surface area contributed by atoms with Crippen molar-refractivity contribution in [3.63, 3.8) is 0 Å². The fourth-order valence-electron chi connectivity index (χ4n) is 2.60. The molecule has 1 aromatic rings. The summed E-state index contributed by atoms with van der Waals surface area (Å²) in [7, 11) is 0. The van der Waals surface area contributed by atoms with Crippen LogP contribution in [0.3, 0.4) is 0 Å². The van der Waals surface area contributed by atoms with Crippen LogP contribution >= 0.6 is 11.8 Å². The minimum Gasteiger partial charge on any atom is -0.357 e. The van der Waals surface area contributed by atoms with Gasteiger partial charge in [-0.15, -0.1) is 0 Å². The summed E-state index contributed by atoms with van der Waals surface area (Å²) < 4.78 is 5.58. The van der Waals surface area contributed by atoms with Gasteiger partial charge in [-0.3, -0.25) is 4.99 Å². The van der Waals surface area contributed by atoms with E-state index in [0.717, 1.165) is 50.2 Å². The van der Waals surface area contributed by atoms with E-state index in [1.807, 2.05) is 11.8 Å². The molecule has 24 heavy (non-hydrogen) atoms. The summed E-state index contributed by atoms with van der Waals surface area (Å²) >= 11 is 2.04. The van der Waals surface area contributed by atoms with Crippen LogP contribution in [0.2, 0.25) is 0 Å². The molecule has 0 bridgehead atoms. The predicted octanol–water partition coefficient (Wildman–Crippen LogP) is 2.97. The molecule has 1 aliphatic heterocycles. The van der Waals surface area contributed by atoms with Crippen LogP contribution in [0, 0.1) is 0 Å². The van der Waals surface area contributed by atoms with Crippen LogP contribution in [0.15, 0.2) is 9.52 Å². The number of nitrogens with zero attached hydrogens (tertiary/aromatic N) is 3. The van der Waals surface area contributed by atoms with Crippen molar-refractivity contribution in [3.8, 4) is 0 Å². The molecule has 1 aromatic heterocycles. The van der Waals surface area contributed by atoms with Crippen LogP contribution < -0.4 is 10.6 Å². The standard InChI is InChI=1S/C17H31N5OS/c1-5-18-16(20-12-17(4)9-7-11-24-17)19-10-6-8-14-21-15(13(2)3)22-23-14/h13H,5-12H2,1-4H3,(H2,18,19,20). The molecule has 1 aliphatic rings. The molecule has 2 rings (SSSR count). The summed E-state index contributed by atoms with van der Waals surface area (Å²) in [6, 6.07) is 0. The van der Waals surface area contributed by atoms with Crippen LogP contribution in [0.4, 0.5) is 0 Å². The first-order valence-electron chi connectivity index (χ1n) is 9.01. The Kier molecular flexibility index (Phi) is 7.40. The van der Waals surface area contributed by atoms with E-state index in [2.05, 4.69) is 48.5 Å². The van der Waals surface area contributed by atoms with Gasteiger partial charge in [-0.25, -0.2) is 0 Å². The van der Waals surface area contributed by atoms with Gasteiger partial charge < -0.3 is 15.2 Å². The summed E-state index contributed by atoms with van der Waals surface area (Å²) in [4.78, 5) is 9.17. The highest BCUT2D eigenvalue weighted by molar-refractivity contribution is 8.00. The number of guanidine groups is 1. The Labute approximate surface area is 149 Å². The van der Waals surface area contributed by atoms with Gasteiger partial charge in [0.15, 0.2) is 11.8 Å². The number of aliphatic imine (C=N–C) groups is 1. The van der Waals surface area contributed by atoms with Gasteiger partial charge >= 0.3 is 0 Å². The quantitative estimate of drug-likeness (QED) is 0.425. The molecule has 0 radical (unpaired) electrons. The third-order valence-electron chi connectivity index (χ3n) is 4.08. The first kappa shape index (κ1) is 19.1. The van der Waals surface area contributed by atoms with E-state index >= 15 is 0 Å². The van der Waals surface area contributed by atoms with E-state index < -0.39 is 0 Å². The summed E-state index contributed by atoms with van der Waals surface area (Å²) in [6.07, 6.45) is 4.30. The number of nitrogens with one attached hydrogen (secondary N) is 2. The molecule has 136 valence electrons. The summed E-state index contributed by atoms with van der Waals surface area (Å²) in [5.41, 5.74) is 0. The van der Waals surface area contributed by atoms with Gasteiger partial charge in [-0.2, -0.15) is 16.7 Å². The van der Waals surface area contributed by atoms with Gasteiger partial charge in [0, 0.05) is 30.2 Å². The minimum atomic E-state index is 0.305. The monoisotopic (exact) mass is 353 g/mol. The van der Waals surface area contributed by atoms with Crippen LogP contribution in [-0.2, 0) is 6.42 Å². The van der Waals surface area contributed by atoms with Crippen LogP contribution in [0.5, 0.6) is 0 Å². The van der Waals surface area contributed by atoms with Gasteiger partial charge in [0.25, 0.3) is 0 Å². The Morgan fingerprint density at radius 3 is 2.88 bits per heavy atom. The van der Waals surface area contributed by atoms with E-state index in [0.29, 0.717) is 10.7 Å². The van der Waals surface area contributed by atoms with Crippen molar-refractivity contribution in [1.29, 1.82) is 0 Å². The number of hydrogen-bond acceptors (Lipinski definition) is 5. The van der Waals surface area contributed by atoms with Crippen molar-refractivity contribution in [2.45, 2.75) is 64.0 Å². The molecule has 1 saturated heterocycles. The highest BCUT2D eigenvalue weighted by Gasteiger charge is 2.29. The van der Waals surface area contributed by atoms with Crippen molar-refractivity contribution < 1.29 is 4.52 Å². The average molecular weight is 354 g/mol. The van der Waals surface area contributed by atoms with Crippen molar-refractivity contribution in [1.82, 2.24) is 20.8 Å². The molecule has 0 amide bonds. The first-order chi connectivity index (χ1) is 11.5. The number of rotatable bonds is 8. The summed E-state index contributed by atoms with van der Waals surface area (Å²) in [5, 5.41) is 10.7. The smallest absolute Gasteiger partial charge is 0.226 e. The molecular weight excluding hydrogens is 322 g/mol. The Hall–Kier alpha value is -1.24. The fraction of sp³-hybridized carbons (Fsp3) is 0.824. The topological polar surface area (TPSA) is 75.3 Å². The SMILES string of the molecule is CCNC(=NCC1(C)CCCS1)NCCCc1nc(C(C)C)no1. The normalized spacial score (nSPS) is 21.5. The average Bonchev–Trinajstić information content (AvgIpc) is 3.19. The predicted molar refractivity (Wildman–Crippen MR) is 101 cm³/mol. The lowest BCUT2D eigenvalue weighted by atomic mass is 10.1. The van der Waals surface area contributed by atoms with E-state index in [9.17, 15) is 0 Å². The van der Waals surface area contributed by atoms with Crippen LogP contribution in [0.1, 0.15) is 64.6 Å². The van der Waals surface area contributed by atoms with Crippen LogP contribution in [0.25, 0.3) is 0 Å². The molecule has 1 atom stereocenters. The molecule has 0 aromatic carbocycles. The maximum absolute atomic E-state index is 5.27. The molecule has 7 heteroatoms. The van der Waals surface area contributed by atoms with Gasteiger partial charge in [0.1, 0.15) is 0 Å². The molecule has 2 heterocycles. The largest absolute Gasteiger partial charge is 0.357 e. The third-order valence-corrected chi connectivity index (χ3v) is 5.60. The third kappa shape index (κ3) is 6.00. The Morgan fingerprint density at radius 2 is 2.25 bits per heavy atom. The van der Waals surface area contributed by atoms with Crippen LogP contribution in [-0.4, -0.2) is 46.2 Å². The molecule has 2 N–H and O–H groups in total. The lowest BCUT2D eigenvalue weighted by Gasteiger charge is -2.21. The van der Waals surface area contributed by atoms with E-state index in [1.165, 1.54) is 18.6 Å². The number of hydrogen-bond donors (Lipinski definition) is 2. The maximum Gasteiger partial charge on any atom is 0.226 e. The van der Waals surface area contributed by atoms with Crippen molar-refractivity contribution in [3.05, 3.63) is 11.7 Å². The summed E-state index contributed by atoms with van der Waals surface area (Å²) in [6.45, 7) is 11.1. The molecule has 1 fully saturated rings. The Bertz CT molecular complexity index is 523. The van der Waals surface area contributed by atoms with Crippen molar-refractivity contribution >= 4 is 17.7 Å². The van der Waals surface area contributed by atoms with Crippen molar-refractivity contribution in [2.24, 2.45) is 4.99 Å². The van der Waals surface area contributed by atoms with Crippen molar-refractivity contribution in [2.75, 3.05) is 25.4 Å². The van der Waals surface area contributed by atoms with Gasteiger partial charge in [-0.05, 0) is 38.9 Å². The minimum absolute atomic E-state index is 0.305. The van der Waals surface area contributed by atoms with Gasteiger partial charge in [-0.1, -0.05) is 19.0 Å². The van der Waals surface area contributed by atoms with Gasteiger partial charge in [0.05, 0.1) is 6.54 Å².